The average molecular weight is 262 g/mol. The van der Waals surface area contributed by atoms with Crippen molar-refractivity contribution in [3.05, 3.63) is 34.9 Å². The van der Waals surface area contributed by atoms with Gasteiger partial charge in [-0.3, -0.25) is 0 Å². The zero-order chi connectivity index (χ0) is 12.9. The molecule has 0 fully saturated rings. The minimum absolute atomic E-state index is 0. The molecule has 16 heavy (non-hydrogen) atoms. The summed E-state index contributed by atoms with van der Waals surface area (Å²) in [6, 6.07) is 6.38. The Morgan fingerprint density at radius 2 is 1.00 bits per heavy atom. The number of hydrogen-bond acceptors (Lipinski definition) is 3. The van der Waals surface area contributed by atoms with Crippen LogP contribution in [-0.2, 0) is 31.7 Å². The zero-order valence-electron chi connectivity index (χ0n) is 9.99. The molecule has 1 aromatic rings. The van der Waals surface area contributed by atoms with E-state index in [4.69, 9.17) is 14.4 Å². The van der Waals surface area contributed by atoms with Crippen LogP contribution in [0, 0.1) is 20.8 Å². The van der Waals surface area contributed by atoms with E-state index in [1.165, 1.54) is 16.7 Å². The van der Waals surface area contributed by atoms with Gasteiger partial charge in [0.15, 0.2) is 0 Å². The summed E-state index contributed by atoms with van der Waals surface area (Å²) in [7, 11) is 0. The van der Waals surface area contributed by atoms with Gasteiger partial charge in [0.1, 0.15) is 20.4 Å². The normalized spacial score (nSPS) is 6.19. The van der Waals surface area contributed by atoms with E-state index >= 15 is 0 Å². The van der Waals surface area contributed by atoms with E-state index in [-0.39, 0.29) is 17.4 Å². The first kappa shape index (κ1) is 24.1. The van der Waals surface area contributed by atoms with Gasteiger partial charge in [-0.15, -0.1) is 0 Å². The SMILES string of the molecule is C=O.C=O.C=O.Cc1cccc(C)c1C.[Cr]. The van der Waals surface area contributed by atoms with Crippen LogP contribution in [0.2, 0.25) is 0 Å². The molecule has 4 heteroatoms. The maximum Gasteiger partial charge on any atom is 0.106 e. The molecule has 0 aliphatic rings. The third kappa shape index (κ3) is 10.8. The molecule has 0 saturated carbocycles. The van der Waals surface area contributed by atoms with Gasteiger partial charge in [0.25, 0.3) is 0 Å². The number of rotatable bonds is 0. The molecule has 0 bridgehead atoms. The molecule has 0 radical (unpaired) electrons. The van der Waals surface area contributed by atoms with E-state index in [1.54, 1.807) is 0 Å². The monoisotopic (exact) mass is 262 g/mol. The summed E-state index contributed by atoms with van der Waals surface area (Å²) >= 11 is 0. The van der Waals surface area contributed by atoms with Crippen LogP contribution < -0.4 is 0 Å². The van der Waals surface area contributed by atoms with Crippen molar-refractivity contribution < 1.29 is 31.7 Å². The van der Waals surface area contributed by atoms with Crippen LogP contribution in [0.5, 0.6) is 0 Å². The average Bonchev–Trinajstić information content (AvgIpc) is 2.34. The standard InChI is InChI=1S/C9H12.3CH2O.Cr/c1-7-5-4-6-8(2)9(7)3;3*1-2;/h4-6H,1-3H3;3*1H2;. The van der Waals surface area contributed by atoms with E-state index in [9.17, 15) is 0 Å². The van der Waals surface area contributed by atoms with E-state index in [0.29, 0.717) is 0 Å². The van der Waals surface area contributed by atoms with Crippen molar-refractivity contribution in [2.24, 2.45) is 0 Å². The van der Waals surface area contributed by atoms with Gasteiger partial charge in [0, 0.05) is 17.4 Å². The summed E-state index contributed by atoms with van der Waals surface area (Å²) in [5.74, 6) is 0. The molecule has 0 aliphatic carbocycles. The number of hydrogen-bond donors (Lipinski definition) is 0. The molecule has 0 heterocycles. The van der Waals surface area contributed by atoms with Gasteiger partial charge >= 0.3 is 0 Å². The van der Waals surface area contributed by atoms with Crippen LogP contribution in [-0.4, -0.2) is 20.4 Å². The Morgan fingerprint density at radius 3 is 1.19 bits per heavy atom. The van der Waals surface area contributed by atoms with Crippen molar-refractivity contribution in [1.82, 2.24) is 0 Å². The summed E-state index contributed by atoms with van der Waals surface area (Å²) in [5, 5.41) is 0. The first-order valence-corrected chi connectivity index (χ1v) is 4.11. The Kier molecular flexibility index (Phi) is 29.2. The van der Waals surface area contributed by atoms with Crippen molar-refractivity contribution in [2.45, 2.75) is 20.8 Å². The van der Waals surface area contributed by atoms with Crippen LogP contribution in [0.15, 0.2) is 18.2 Å². The first-order chi connectivity index (χ1) is 7.22. The Labute approximate surface area is 108 Å². The third-order valence-corrected chi connectivity index (χ3v) is 1.88. The van der Waals surface area contributed by atoms with Crippen molar-refractivity contribution >= 4 is 20.4 Å². The predicted molar refractivity (Wildman–Crippen MR) is 62.0 cm³/mol. The van der Waals surface area contributed by atoms with Crippen molar-refractivity contribution in [1.29, 1.82) is 0 Å². The molecule has 1 aromatic carbocycles. The van der Waals surface area contributed by atoms with Gasteiger partial charge in [0.05, 0.1) is 0 Å². The zero-order valence-corrected chi connectivity index (χ0v) is 11.3. The fourth-order valence-electron chi connectivity index (χ4n) is 0.898. The van der Waals surface area contributed by atoms with Gasteiger partial charge in [-0.2, -0.15) is 0 Å². The van der Waals surface area contributed by atoms with Gasteiger partial charge in [-0.05, 0) is 37.5 Å². The Morgan fingerprint density at radius 1 is 0.750 bits per heavy atom. The van der Waals surface area contributed by atoms with Crippen molar-refractivity contribution in [3.63, 3.8) is 0 Å². The van der Waals surface area contributed by atoms with Crippen LogP contribution in [0.3, 0.4) is 0 Å². The molecule has 0 amide bonds. The molecule has 0 unspecified atom stereocenters. The van der Waals surface area contributed by atoms with Crippen LogP contribution in [0.1, 0.15) is 16.7 Å². The van der Waals surface area contributed by atoms with Crippen molar-refractivity contribution in [3.8, 4) is 0 Å². The Balaban J connectivity index is -0.0000000900. The second kappa shape index (κ2) is 19.4. The van der Waals surface area contributed by atoms with E-state index in [2.05, 4.69) is 39.0 Å². The van der Waals surface area contributed by atoms with E-state index < -0.39 is 0 Å². The van der Waals surface area contributed by atoms with Crippen LogP contribution in [0.4, 0.5) is 0 Å². The second-order valence-electron chi connectivity index (χ2n) is 2.52. The third-order valence-electron chi connectivity index (χ3n) is 1.88. The van der Waals surface area contributed by atoms with Gasteiger partial charge in [-0.1, -0.05) is 18.2 Å². The summed E-state index contributed by atoms with van der Waals surface area (Å²) in [6.45, 7) is 12.4. The fourth-order valence-corrected chi connectivity index (χ4v) is 0.898. The quantitative estimate of drug-likeness (QED) is 0.719. The topological polar surface area (TPSA) is 51.2 Å². The van der Waals surface area contributed by atoms with Crippen LogP contribution >= 0.6 is 0 Å². The molecule has 0 spiro atoms. The molecule has 90 valence electrons. The summed E-state index contributed by atoms with van der Waals surface area (Å²) in [4.78, 5) is 24.0. The van der Waals surface area contributed by atoms with E-state index in [0.717, 1.165) is 0 Å². The minimum Gasteiger partial charge on any atom is -0.307 e. The molecule has 0 N–H and O–H groups in total. The predicted octanol–water partition coefficient (Wildman–Crippen LogP) is 2.05. The maximum absolute atomic E-state index is 8.00. The summed E-state index contributed by atoms with van der Waals surface area (Å²) in [6.07, 6.45) is 0. The Hall–Kier alpha value is -1.24. The molecular weight excluding hydrogens is 244 g/mol. The molecule has 3 nitrogen and oxygen atoms in total. The van der Waals surface area contributed by atoms with Crippen LogP contribution in [0.25, 0.3) is 0 Å². The number of aryl methyl sites for hydroxylation is 2. The van der Waals surface area contributed by atoms with Gasteiger partial charge in [-0.25, -0.2) is 0 Å². The van der Waals surface area contributed by atoms with Crippen molar-refractivity contribution in [2.75, 3.05) is 0 Å². The smallest absolute Gasteiger partial charge is 0.106 e. The largest absolute Gasteiger partial charge is 0.307 e. The molecule has 0 aliphatic heterocycles. The second-order valence-corrected chi connectivity index (χ2v) is 2.52. The molecule has 0 aromatic heterocycles. The van der Waals surface area contributed by atoms with Gasteiger partial charge < -0.3 is 14.4 Å². The summed E-state index contributed by atoms with van der Waals surface area (Å²) < 4.78 is 0. The van der Waals surface area contributed by atoms with E-state index in [1.807, 2.05) is 20.4 Å². The number of carbonyl (C=O) groups is 3. The minimum atomic E-state index is 0. The Bertz CT molecular complexity index is 239. The maximum atomic E-state index is 8.00. The van der Waals surface area contributed by atoms with Gasteiger partial charge in [0.2, 0.25) is 0 Å². The molecule has 0 atom stereocenters. The molecule has 1 rings (SSSR count). The fraction of sp³-hybridized carbons (Fsp3) is 0.250. The molecule has 0 saturated heterocycles. The number of benzene rings is 1. The first-order valence-electron chi connectivity index (χ1n) is 4.11. The number of carbonyl (C=O) groups excluding carboxylic acids is 3. The summed E-state index contributed by atoms with van der Waals surface area (Å²) in [5.41, 5.74) is 4.18. The molecular formula is C12H18CrO3.